The second kappa shape index (κ2) is 6.86. The summed E-state index contributed by atoms with van der Waals surface area (Å²) in [6.07, 6.45) is 3.79. The Kier molecular flexibility index (Phi) is 4.44. The first-order valence-corrected chi connectivity index (χ1v) is 9.65. The summed E-state index contributed by atoms with van der Waals surface area (Å²) in [5.41, 5.74) is 2.79. The normalized spacial score (nSPS) is 14.4. The lowest BCUT2D eigenvalue weighted by Gasteiger charge is -2.14. The Morgan fingerprint density at radius 1 is 1.17 bits per heavy atom. The molecule has 0 radical (unpaired) electrons. The Bertz CT molecular complexity index is 859. The minimum Gasteiger partial charge on any atom is -0.342 e. The Morgan fingerprint density at radius 2 is 1.96 bits per heavy atom. The third-order valence-electron chi connectivity index (χ3n) is 4.06. The van der Waals surface area contributed by atoms with Gasteiger partial charge in [0.05, 0.1) is 5.75 Å². The molecule has 1 aromatic carbocycles. The van der Waals surface area contributed by atoms with Crippen molar-refractivity contribution >= 4 is 39.4 Å². The zero-order valence-corrected chi connectivity index (χ0v) is 14.6. The number of aromatic nitrogens is 3. The Labute approximate surface area is 148 Å². The van der Waals surface area contributed by atoms with Gasteiger partial charge in [-0.3, -0.25) is 4.79 Å². The van der Waals surface area contributed by atoms with Crippen molar-refractivity contribution in [2.75, 3.05) is 18.8 Å². The van der Waals surface area contributed by atoms with Crippen LogP contribution in [-0.2, 0) is 4.79 Å². The van der Waals surface area contributed by atoms with E-state index in [1.165, 1.54) is 23.3 Å². The van der Waals surface area contributed by atoms with Crippen LogP contribution in [0.25, 0.3) is 21.5 Å². The summed E-state index contributed by atoms with van der Waals surface area (Å²) in [5.74, 6) is 0.613. The molecule has 5 nitrogen and oxygen atoms in total. The molecule has 0 atom stereocenters. The number of carbonyl (C=O) groups is 1. The number of amides is 1. The van der Waals surface area contributed by atoms with Crippen LogP contribution in [0.4, 0.5) is 0 Å². The summed E-state index contributed by atoms with van der Waals surface area (Å²) in [6.45, 7) is 1.77. The number of likely N-dealkylation sites (tertiary alicyclic amines) is 1. The van der Waals surface area contributed by atoms with Crippen LogP contribution in [0.5, 0.6) is 0 Å². The van der Waals surface area contributed by atoms with E-state index >= 15 is 0 Å². The number of carbonyl (C=O) groups excluding carboxylic acids is 1. The van der Waals surface area contributed by atoms with Gasteiger partial charge in [0.25, 0.3) is 0 Å². The monoisotopic (exact) mass is 356 g/mol. The molecular formula is C17H16N4OS2. The first-order chi connectivity index (χ1) is 11.8. The van der Waals surface area contributed by atoms with E-state index in [-0.39, 0.29) is 5.91 Å². The van der Waals surface area contributed by atoms with Crippen molar-refractivity contribution in [2.45, 2.75) is 17.9 Å². The van der Waals surface area contributed by atoms with Crippen LogP contribution in [0.1, 0.15) is 12.8 Å². The third-order valence-corrected chi connectivity index (χ3v) is 6.01. The molecule has 1 saturated heterocycles. The van der Waals surface area contributed by atoms with Gasteiger partial charge in [0.15, 0.2) is 0 Å². The highest BCUT2D eigenvalue weighted by molar-refractivity contribution is 8.00. The van der Waals surface area contributed by atoms with Crippen molar-refractivity contribution in [3.05, 3.63) is 36.7 Å². The lowest BCUT2D eigenvalue weighted by atomic mass is 10.1. The minimum atomic E-state index is 0.192. The molecule has 1 aliphatic rings. The maximum atomic E-state index is 12.2. The maximum absolute atomic E-state index is 12.2. The largest absolute Gasteiger partial charge is 0.342 e. The zero-order chi connectivity index (χ0) is 16.4. The van der Waals surface area contributed by atoms with E-state index in [0.717, 1.165) is 52.4 Å². The van der Waals surface area contributed by atoms with Crippen LogP contribution in [0.15, 0.2) is 41.7 Å². The molecule has 7 heteroatoms. The molecule has 0 unspecified atom stereocenters. The fraction of sp³-hybridized carbons (Fsp3) is 0.294. The van der Waals surface area contributed by atoms with Crippen molar-refractivity contribution in [3.63, 3.8) is 0 Å². The van der Waals surface area contributed by atoms with E-state index in [1.54, 1.807) is 6.33 Å². The third kappa shape index (κ3) is 3.01. The predicted octanol–water partition coefficient (Wildman–Crippen LogP) is 3.47. The van der Waals surface area contributed by atoms with Crippen LogP contribution in [0, 0.1) is 0 Å². The number of nitrogens with zero attached hydrogens (tertiary/aromatic N) is 4. The Hall–Kier alpha value is -1.99. The van der Waals surface area contributed by atoms with Crippen molar-refractivity contribution in [1.29, 1.82) is 0 Å². The SMILES string of the molecule is O=C(CSc1ncnc2c(-c3ccccc3)nsc12)N1CCCC1. The fourth-order valence-electron chi connectivity index (χ4n) is 2.82. The lowest BCUT2D eigenvalue weighted by molar-refractivity contribution is -0.127. The average molecular weight is 356 g/mol. The summed E-state index contributed by atoms with van der Waals surface area (Å²) in [4.78, 5) is 22.9. The van der Waals surface area contributed by atoms with Gasteiger partial charge in [-0.15, -0.1) is 0 Å². The molecule has 24 heavy (non-hydrogen) atoms. The van der Waals surface area contributed by atoms with Crippen molar-refractivity contribution in [3.8, 4) is 11.3 Å². The van der Waals surface area contributed by atoms with Gasteiger partial charge in [-0.1, -0.05) is 42.1 Å². The second-order valence-electron chi connectivity index (χ2n) is 5.63. The number of thioether (sulfide) groups is 1. The first kappa shape index (κ1) is 15.5. The van der Waals surface area contributed by atoms with E-state index in [1.807, 2.05) is 35.2 Å². The molecule has 122 valence electrons. The highest BCUT2D eigenvalue weighted by Crippen LogP contribution is 2.34. The molecule has 0 spiro atoms. The van der Waals surface area contributed by atoms with Gasteiger partial charge in [-0.05, 0) is 24.4 Å². The minimum absolute atomic E-state index is 0.192. The van der Waals surface area contributed by atoms with E-state index < -0.39 is 0 Å². The number of hydrogen-bond donors (Lipinski definition) is 0. The second-order valence-corrected chi connectivity index (χ2v) is 7.37. The number of benzene rings is 1. The lowest BCUT2D eigenvalue weighted by Crippen LogP contribution is -2.29. The van der Waals surface area contributed by atoms with Crippen molar-refractivity contribution < 1.29 is 4.79 Å². The van der Waals surface area contributed by atoms with E-state index in [0.29, 0.717) is 5.75 Å². The van der Waals surface area contributed by atoms with Gasteiger partial charge < -0.3 is 4.90 Å². The summed E-state index contributed by atoms with van der Waals surface area (Å²) in [5, 5.41) is 0.840. The van der Waals surface area contributed by atoms with Crippen LogP contribution >= 0.6 is 23.3 Å². The standard InChI is InChI=1S/C17H16N4OS2/c22-13(21-8-4-5-9-21)10-23-17-16-15(18-11-19-17)14(20-24-16)12-6-2-1-3-7-12/h1-3,6-7,11H,4-5,8-10H2. The summed E-state index contributed by atoms with van der Waals surface area (Å²) < 4.78 is 5.52. The van der Waals surface area contributed by atoms with Gasteiger partial charge in [0, 0.05) is 18.7 Å². The zero-order valence-electron chi connectivity index (χ0n) is 13.0. The fourth-order valence-corrected chi connectivity index (χ4v) is 4.64. The molecule has 3 heterocycles. The van der Waals surface area contributed by atoms with E-state index in [2.05, 4.69) is 14.3 Å². The number of rotatable bonds is 4. The highest BCUT2D eigenvalue weighted by atomic mass is 32.2. The quantitative estimate of drug-likeness (QED) is 0.529. The topological polar surface area (TPSA) is 59.0 Å². The number of hydrogen-bond acceptors (Lipinski definition) is 6. The first-order valence-electron chi connectivity index (χ1n) is 7.89. The summed E-state index contributed by atoms with van der Waals surface area (Å²) in [6, 6.07) is 10.0. The van der Waals surface area contributed by atoms with Gasteiger partial charge >= 0.3 is 0 Å². The molecule has 0 aliphatic carbocycles. The van der Waals surface area contributed by atoms with Crippen LogP contribution in [0.2, 0.25) is 0 Å². The molecule has 1 amide bonds. The van der Waals surface area contributed by atoms with Crippen LogP contribution < -0.4 is 0 Å². The molecule has 2 aromatic heterocycles. The smallest absolute Gasteiger partial charge is 0.232 e. The highest BCUT2D eigenvalue weighted by Gasteiger charge is 2.19. The molecule has 0 saturated carbocycles. The predicted molar refractivity (Wildman–Crippen MR) is 97.2 cm³/mol. The summed E-state index contributed by atoms with van der Waals surface area (Å²) in [7, 11) is 0. The molecule has 4 rings (SSSR count). The molecule has 0 N–H and O–H groups in total. The summed E-state index contributed by atoms with van der Waals surface area (Å²) >= 11 is 2.88. The van der Waals surface area contributed by atoms with Gasteiger partial charge in [-0.25, -0.2) is 9.97 Å². The molecular weight excluding hydrogens is 340 g/mol. The van der Waals surface area contributed by atoms with Crippen molar-refractivity contribution in [2.24, 2.45) is 0 Å². The molecule has 0 bridgehead atoms. The average Bonchev–Trinajstić information content (AvgIpc) is 3.30. The van der Waals surface area contributed by atoms with Gasteiger partial charge in [0.2, 0.25) is 5.91 Å². The molecule has 1 aliphatic heterocycles. The van der Waals surface area contributed by atoms with Crippen molar-refractivity contribution in [1.82, 2.24) is 19.2 Å². The maximum Gasteiger partial charge on any atom is 0.232 e. The number of fused-ring (bicyclic) bond motifs is 1. The van der Waals surface area contributed by atoms with Crippen LogP contribution in [0.3, 0.4) is 0 Å². The Balaban J connectivity index is 1.58. The Morgan fingerprint density at radius 3 is 2.75 bits per heavy atom. The van der Waals surface area contributed by atoms with Gasteiger partial charge in [-0.2, -0.15) is 4.37 Å². The molecule has 1 fully saturated rings. The van der Waals surface area contributed by atoms with E-state index in [9.17, 15) is 4.79 Å². The van der Waals surface area contributed by atoms with Crippen LogP contribution in [-0.4, -0.2) is 44.0 Å². The van der Waals surface area contributed by atoms with Gasteiger partial charge in [0.1, 0.15) is 27.3 Å². The molecule has 3 aromatic rings. The van der Waals surface area contributed by atoms with E-state index in [4.69, 9.17) is 0 Å².